The first-order valence-electron chi connectivity index (χ1n) is 14.1. The lowest BCUT2D eigenvalue weighted by Gasteiger charge is -2.49. The van der Waals surface area contributed by atoms with Crippen LogP contribution in [0.2, 0.25) is 0 Å². The van der Waals surface area contributed by atoms with Crippen molar-refractivity contribution in [1.29, 1.82) is 0 Å². The largest absolute Gasteiger partial charge is 0.445 e. The van der Waals surface area contributed by atoms with Gasteiger partial charge in [-0.3, -0.25) is 19.8 Å². The predicted molar refractivity (Wildman–Crippen MR) is 161 cm³/mol. The SMILES string of the molecule is C=C1NC2[C@H](CN3C(=O)CN(C)C3=O)N=C(NC(=O)OCC(Cl)(Cl)Cl)N3CC(NC(=O)c4cccc5c4CCC5)C(O)(O)C23N1. The third-order valence-corrected chi connectivity index (χ3v) is 9.09. The number of hydrogen-bond acceptors (Lipinski definition) is 11. The van der Waals surface area contributed by atoms with Gasteiger partial charge < -0.3 is 40.7 Å². The Morgan fingerprint density at radius 1 is 1.24 bits per heavy atom. The second kappa shape index (κ2) is 11.1. The first-order valence-corrected chi connectivity index (χ1v) is 15.3. The van der Waals surface area contributed by atoms with Crippen LogP contribution in [0.3, 0.4) is 0 Å². The molecule has 0 saturated carbocycles. The molecule has 3 fully saturated rings. The van der Waals surface area contributed by atoms with Crippen LogP contribution in [0.1, 0.15) is 27.9 Å². The van der Waals surface area contributed by atoms with Crippen molar-refractivity contribution in [1.82, 2.24) is 36.0 Å². The van der Waals surface area contributed by atoms with Crippen LogP contribution >= 0.6 is 34.8 Å². The summed E-state index contributed by atoms with van der Waals surface area (Å²) in [5.74, 6) is -3.78. The maximum Gasteiger partial charge on any atom is 0.414 e. The van der Waals surface area contributed by atoms with Gasteiger partial charge in [-0.1, -0.05) is 53.5 Å². The number of alkyl halides is 3. The molecule has 0 bridgehead atoms. The smallest absolute Gasteiger partial charge is 0.414 e. The number of halogens is 3. The number of urea groups is 1. The van der Waals surface area contributed by atoms with Gasteiger partial charge in [0.25, 0.3) is 5.91 Å². The second-order valence-electron chi connectivity index (χ2n) is 11.6. The fourth-order valence-corrected chi connectivity index (χ4v) is 6.97. The Morgan fingerprint density at radius 2 is 2.00 bits per heavy atom. The number of guanidine groups is 1. The average Bonchev–Trinajstić information content (AvgIpc) is 3.69. The fraction of sp³-hybridized carbons (Fsp3) is 0.519. The highest BCUT2D eigenvalue weighted by molar-refractivity contribution is 6.67. The van der Waals surface area contributed by atoms with Crippen LogP contribution in [0.5, 0.6) is 0 Å². The molecule has 0 radical (unpaired) electrons. The molecule has 1 spiro atoms. The highest BCUT2D eigenvalue weighted by Gasteiger charge is 2.74. The Hall–Kier alpha value is -3.50. The number of aliphatic hydroxyl groups is 2. The monoisotopic (exact) mass is 684 g/mol. The zero-order valence-corrected chi connectivity index (χ0v) is 26.2. The molecule has 4 atom stereocenters. The zero-order chi connectivity index (χ0) is 32.5. The lowest BCUT2D eigenvalue weighted by molar-refractivity contribution is -0.231. The van der Waals surface area contributed by atoms with Crippen molar-refractivity contribution >= 4 is 64.7 Å². The van der Waals surface area contributed by atoms with E-state index in [1.165, 1.54) is 16.8 Å². The van der Waals surface area contributed by atoms with E-state index in [4.69, 9.17) is 39.5 Å². The van der Waals surface area contributed by atoms with Gasteiger partial charge in [0.1, 0.15) is 19.2 Å². The van der Waals surface area contributed by atoms with Gasteiger partial charge in [0, 0.05) is 19.2 Å². The molecular weight excluding hydrogens is 655 g/mol. The fourth-order valence-electron chi connectivity index (χ4n) is 6.81. The maximum atomic E-state index is 13.6. The van der Waals surface area contributed by atoms with Crippen molar-refractivity contribution in [3.8, 4) is 0 Å². The van der Waals surface area contributed by atoms with Gasteiger partial charge in [-0.25, -0.2) is 14.6 Å². The summed E-state index contributed by atoms with van der Waals surface area (Å²) in [5, 5.41) is 35.2. The topological polar surface area (TPSA) is 188 Å². The first-order chi connectivity index (χ1) is 21.1. The number of nitrogens with zero attached hydrogens (tertiary/aromatic N) is 4. The first kappa shape index (κ1) is 31.5. The van der Waals surface area contributed by atoms with Gasteiger partial charge in [-0.15, -0.1) is 0 Å². The number of hydrogen-bond donors (Lipinski definition) is 6. The molecule has 3 saturated heterocycles. The van der Waals surface area contributed by atoms with Crippen molar-refractivity contribution in [3.63, 3.8) is 0 Å². The number of amides is 5. The number of likely N-dealkylation sites (N-methyl/N-ethyl adjacent to an activating group) is 1. The van der Waals surface area contributed by atoms with Crippen LogP contribution in [-0.2, 0) is 22.4 Å². The molecule has 0 aromatic heterocycles. The number of alkyl carbamates (subject to hydrolysis) is 1. The van der Waals surface area contributed by atoms with E-state index in [0.29, 0.717) is 5.56 Å². The molecule has 15 nitrogen and oxygen atoms in total. The second-order valence-corrected chi connectivity index (χ2v) is 14.1. The predicted octanol–water partition coefficient (Wildman–Crippen LogP) is -0.272. The molecule has 6 N–H and O–H groups in total. The number of carbonyl (C=O) groups excluding carboxylic acids is 4. The number of benzene rings is 1. The number of carbonyl (C=O) groups is 4. The minimum atomic E-state index is -2.74. The normalized spacial score (nSPS) is 28.2. The number of rotatable bonds is 5. The summed E-state index contributed by atoms with van der Waals surface area (Å²) in [6.07, 6.45) is 1.39. The molecule has 45 heavy (non-hydrogen) atoms. The molecule has 18 heteroatoms. The zero-order valence-electron chi connectivity index (χ0n) is 24.0. The Morgan fingerprint density at radius 3 is 2.69 bits per heavy atom. The number of aliphatic imine (C=N–C) groups is 1. The Labute approximate surface area is 272 Å². The molecule has 6 rings (SSSR count). The molecule has 242 valence electrons. The molecule has 5 amide bonds. The standard InChI is InChI=1S/C27H31Cl3N8O7/c1-13-31-20-17(9-37-19(39)11-36(2)24(37)42)32-22(34-23(41)45-12-25(28,29)30)38-10-18(27(43,44)26(20,38)35-13)33-21(40)16-8-4-6-14-5-3-7-15(14)16/h4,6,8,17-18,20,31,35,43-44H,1,3,5,7,9-12H2,2H3,(H,33,40)(H,32,34,41)/t17-,18?,20?,26?/m0/s1. The number of nitrogens with one attached hydrogen (secondary N) is 4. The number of aryl methyl sites for hydroxylation is 1. The van der Waals surface area contributed by atoms with Crippen molar-refractivity contribution in [3.05, 3.63) is 47.3 Å². The Kier molecular flexibility index (Phi) is 7.76. The van der Waals surface area contributed by atoms with E-state index in [0.717, 1.165) is 35.3 Å². The quantitative estimate of drug-likeness (QED) is 0.137. The van der Waals surface area contributed by atoms with Crippen LogP contribution < -0.4 is 21.3 Å². The van der Waals surface area contributed by atoms with E-state index >= 15 is 0 Å². The Balaban J connectivity index is 1.36. The van der Waals surface area contributed by atoms with Crippen molar-refractivity contribution < 1.29 is 34.1 Å². The molecule has 3 unspecified atom stereocenters. The molecule has 4 heterocycles. The number of ether oxygens (including phenoxy) is 1. The summed E-state index contributed by atoms with van der Waals surface area (Å²) in [6.45, 7) is 2.59. The lowest BCUT2D eigenvalue weighted by Crippen LogP contribution is -2.78. The van der Waals surface area contributed by atoms with E-state index < -0.39 is 63.9 Å². The van der Waals surface area contributed by atoms with Crippen molar-refractivity contribution in [2.45, 2.75) is 52.6 Å². The van der Waals surface area contributed by atoms with Crippen molar-refractivity contribution in [2.24, 2.45) is 4.99 Å². The number of imide groups is 1. The van der Waals surface area contributed by atoms with Crippen LogP contribution in [0.15, 0.2) is 35.6 Å². The van der Waals surface area contributed by atoms with Gasteiger partial charge in [0.05, 0.1) is 24.4 Å². The van der Waals surface area contributed by atoms with Crippen molar-refractivity contribution in [2.75, 3.05) is 33.3 Å². The van der Waals surface area contributed by atoms with E-state index in [9.17, 15) is 29.4 Å². The lowest BCUT2D eigenvalue weighted by atomic mass is 9.85. The minimum Gasteiger partial charge on any atom is -0.445 e. The summed E-state index contributed by atoms with van der Waals surface area (Å²) in [7, 11) is 1.47. The van der Waals surface area contributed by atoms with E-state index in [-0.39, 0.29) is 31.4 Å². The van der Waals surface area contributed by atoms with Gasteiger partial charge in [0.2, 0.25) is 21.4 Å². The van der Waals surface area contributed by atoms with E-state index in [1.54, 1.807) is 12.1 Å². The van der Waals surface area contributed by atoms with E-state index in [1.807, 2.05) is 6.07 Å². The highest BCUT2D eigenvalue weighted by Crippen LogP contribution is 2.45. The van der Waals surface area contributed by atoms with Gasteiger partial charge in [-0.05, 0) is 36.5 Å². The maximum absolute atomic E-state index is 13.6. The van der Waals surface area contributed by atoms with Gasteiger partial charge in [0.15, 0.2) is 5.66 Å². The van der Waals surface area contributed by atoms with Crippen LogP contribution in [0.4, 0.5) is 9.59 Å². The summed E-state index contributed by atoms with van der Waals surface area (Å²) < 4.78 is 3.11. The van der Waals surface area contributed by atoms with E-state index in [2.05, 4.69) is 32.8 Å². The third-order valence-electron chi connectivity index (χ3n) is 8.76. The van der Waals surface area contributed by atoms with Crippen LogP contribution in [0.25, 0.3) is 0 Å². The molecular formula is C27H31Cl3N8O7. The summed E-state index contributed by atoms with van der Waals surface area (Å²) in [6, 6.07) is 1.43. The van der Waals surface area contributed by atoms with Crippen LogP contribution in [0, 0.1) is 0 Å². The molecule has 1 aromatic rings. The number of fused-ring (bicyclic) bond motifs is 1. The summed E-state index contributed by atoms with van der Waals surface area (Å²) >= 11 is 17.2. The van der Waals surface area contributed by atoms with Gasteiger partial charge in [-0.2, -0.15) is 0 Å². The third kappa shape index (κ3) is 5.29. The minimum absolute atomic E-state index is 0.148. The molecule has 5 aliphatic rings. The summed E-state index contributed by atoms with van der Waals surface area (Å²) in [5.41, 5.74) is 0.483. The molecule has 1 aliphatic carbocycles. The van der Waals surface area contributed by atoms with Gasteiger partial charge >= 0.3 is 12.1 Å². The molecule has 1 aromatic carbocycles. The summed E-state index contributed by atoms with van der Waals surface area (Å²) in [4.78, 5) is 60.1. The average molecular weight is 686 g/mol. The Bertz CT molecular complexity index is 1520. The highest BCUT2D eigenvalue weighted by atomic mass is 35.6. The van der Waals surface area contributed by atoms with Crippen LogP contribution in [-0.4, -0.2) is 121 Å². The molecule has 4 aliphatic heterocycles.